The fourth-order valence-electron chi connectivity index (χ4n) is 1.49. The Kier molecular flexibility index (Phi) is 4.41. The number of anilines is 2. The maximum Gasteiger partial charge on any atom is 0.256 e. The van der Waals surface area contributed by atoms with E-state index >= 15 is 0 Å². The first-order chi connectivity index (χ1) is 8.97. The Bertz CT molecular complexity index is 649. The van der Waals surface area contributed by atoms with Crippen LogP contribution in [0.2, 0.25) is 0 Å². The Labute approximate surface area is 131 Å². The predicted molar refractivity (Wildman–Crippen MR) is 85.6 cm³/mol. The molecule has 0 bridgehead atoms. The molecule has 0 saturated carbocycles. The van der Waals surface area contributed by atoms with Gasteiger partial charge >= 0.3 is 0 Å². The molecule has 2 aromatic rings. The molecule has 2 aromatic carbocycles. The number of nitrogen functional groups attached to an aromatic ring is 1. The number of nitrogens with two attached hydrogens (primary N) is 1. The minimum atomic E-state index is -0.367. The monoisotopic (exact) mass is 434 g/mol. The number of halogens is 3. The summed E-state index contributed by atoms with van der Waals surface area (Å²) in [5.41, 5.74) is 7.28. The van der Waals surface area contributed by atoms with Crippen molar-refractivity contribution in [1.29, 1.82) is 0 Å². The molecule has 0 aliphatic rings. The number of benzene rings is 2. The number of hydrogen-bond acceptors (Lipinski definition) is 2. The van der Waals surface area contributed by atoms with Crippen LogP contribution in [0.1, 0.15) is 10.4 Å². The van der Waals surface area contributed by atoms with Gasteiger partial charge in [-0.05, 0) is 74.9 Å². The normalized spacial score (nSPS) is 10.3. The molecule has 0 heterocycles. The lowest BCUT2D eigenvalue weighted by atomic mass is 10.2. The van der Waals surface area contributed by atoms with Crippen LogP contribution in [0.4, 0.5) is 15.8 Å². The maximum absolute atomic E-state index is 13.0. The summed E-state index contributed by atoms with van der Waals surface area (Å²) in [5.74, 6) is -0.667. The maximum atomic E-state index is 13.0. The Morgan fingerprint density at radius 3 is 2.63 bits per heavy atom. The fourth-order valence-corrected chi connectivity index (χ4v) is 2.46. The zero-order valence-electron chi connectivity index (χ0n) is 9.58. The van der Waals surface area contributed by atoms with Gasteiger partial charge in [-0.15, -0.1) is 0 Å². The first-order valence-electron chi connectivity index (χ1n) is 5.29. The standard InChI is InChI=1S/C13H9BrFIN2O/c14-10-4-2-8(6-12(10)17)18-13(19)9-3-1-7(15)5-11(9)16/h1-6H,17H2,(H,18,19). The van der Waals surface area contributed by atoms with Gasteiger partial charge in [0.25, 0.3) is 5.91 Å². The van der Waals surface area contributed by atoms with E-state index < -0.39 is 0 Å². The number of hydrogen-bond donors (Lipinski definition) is 2. The molecule has 0 spiro atoms. The van der Waals surface area contributed by atoms with Crippen molar-refractivity contribution in [3.8, 4) is 0 Å². The van der Waals surface area contributed by atoms with Gasteiger partial charge in [0, 0.05) is 19.4 Å². The molecular weight excluding hydrogens is 426 g/mol. The van der Waals surface area contributed by atoms with E-state index in [2.05, 4.69) is 21.2 Å². The highest BCUT2D eigenvalue weighted by Crippen LogP contribution is 2.23. The SMILES string of the molecule is Nc1cc(NC(=O)c2ccc(F)cc2I)ccc1Br. The highest BCUT2D eigenvalue weighted by atomic mass is 127. The van der Waals surface area contributed by atoms with Crippen LogP contribution in [0, 0.1) is 9.39 Å². The fraction of sp³-hybridized carbons (Fsp3) is 0. The van der Waals surface area contributed by atoms with Crippen LogP contribution in [0.3, 0.4) is 0 Å². The topological polar surface area (TPSA) is 55.1 Å². The summed E-state index contributed by atoms with van der Waals surface area (Å²) in [6.07, 6.45) is 0. The van der Waals surface area contributed by atoms with Gasteiger partial charge in [0.05, 0.1) is 5.56 Å². The van der Waals surface area contributed by atoms with Crippen LogP contribution in [-0.2, 0) is 0 Å². The molecule has 0 aromatic heterocycles. The molecular formula is C13H9BrFIN2O. The van der Waals surface area contributed by atoms with E-state index in [4.69, 9.17) is 5.73 Å². The highest BCUT2D eigenvalue weighted by molar-refractivity contribution is 14.1. The van der Waals surface area contributed by atoms with Crippen LogP contribution >= 0.6 is 38.5 Å². The molecule has 3 nitrogen and oxygen atoms in total. The number of carbonyl (C=O) groups is 1. The van der Waals surface area contributed by atoms with Gasteiger partial charge in [-0.2, -0.15) is 0 Å². The quantitative estimate of drug-likeness (QED) is 0.553. The van der Waals surface area contributed by atoms with E-state index in [0.29, 0.717) is 20.5 Å². The van der Waals surface area contributed by atoms with E-state index in [1.165, 1.54) is 18.2 Å². The van der Waals surface area contributed by atoms with E-state index in [0.717, 1.165) is 4.47 Å². The highest BCUT2D eigenvalue weighted by Gasteiger charge is 2.11. The van der Waals surface area contributed by atoms with Gasteiger partial charge in [-0.25, -0.2) is 4.39 Å². The number of amides is 1. The molecule has 0 fully saturated rings. The van der Waals surface area contributed by atoms with Crippen molar-refractivity contribution in [1.82, 2.24) is 0 Å². The molecule has 0 unspecified atom stereocenters. The molecule has 2 rings (SSSR count). The number of rotatable bonds is 2. The van der Waals surface area contributed by atoms with Crippen molar-refractivity contribution in [3.63, 3.8) is 0 Å². The zero-order chi connectivity index (χ0) is 14.0. The van der Waals surface area contributed by atoms with Gasteiger partial charge in [0.2, 0.25) is 0 Å². The van der Waals surface area contributed by atoms with Crippen molar-refractivity contribution < 1.29 is 9.18 Å². The molecule has 0 aliphatic heterocycles. The first kappa shape index (κ1) is 14.3. The predicted octanol–water partition coefficient (Wildman–Crippen LogP) is 4.03. The third-order valence-corrected chi connectivity index (χ3v) is 4.04. The van der Waals surface area contributed by atoms with Crippen LogP contribution in [0.15, 0.2) is 40.9 Å². The van der Waals surface area contributed by atoms with E-state index in [9.17, 15) is 9.18 Å². The second-order valence-electron chi connectivity index (χ2n) is 3.81. The summed E-state index contributed by atoms with van der Waals surface area (Å²) in [5, 5.41) is 2.72. The Morgan fingerprint density at radius 1 is 1.26 bits per heavy atom. The van der Waals surface area contributed by atoms with Crippen molar-refractivity contribution in [3.05, 3.63) is 55.8 Å². The summed E-state index contributed by atoms with van der Waals surface area (Å²) < 4.78 is 14.3. The lowest BCUT2D eigenvalue weighted by Crippen LogP contribution is -2.13. The second-order valence-corrected chi connectivity index (χ2v) is 5.83. The molecule has 19 heavy (non-hydrogen) atoms. The van der Waals surface area contributed by atoms with Gasteiger partial charge < -0.3 is 11.1 Å². The van der Waals surface area contributed by atoms with Crippen molar-refractivity contribution in [2.45, 2.75) is 0 Å². The summed E-state index contributed by atoms with van der Waals surface area (Å²) in [7, 11) is 0. The number of carbonyl (C=O) groups excluding carboxylic acids is 1. The minimum Gasteiger partial charge on any atom is -0.398 e. The van der Waals surface area contributed by atoms with Crippen LogP contribution < -0.4 is 11.1 Å². The molecule has 98 valence electrons. The summed E-state index contributed by atoms with van der Waals surface area (Å²) in [4.78, 5) is 12.1. The number of nitrogens with one attached hydrogen (secondary N) is 1. The minimum absolute atomic E-state index is 0.300. The lowest BCUT2D eigenvalue weighted by molar-refractivity contribution is 0.102. The van der Waals surface area contributed by atoms with Crippen LogP contribution in [0.25, 0.3) is 0 Å². The third kappa shape index (κ3) is 3.44. The summed E-state index contributed by atoms with van der Waals surface area (Å²) >= 11 is 5.20. The Morgan fingerprint density at radius 2 is 2.00 bits per heavy atom. The molecule has 0 radical (unpaired) electrons. The Hall–Kier alpha value is -1.15. The zero-order valence-corrected chi connectivity index (χ0v) is 13.3. The van der Waals surface area contributed by atoms with Gasteiger partial charge in [-0.3, -0.25) is 4.79 Å². The van der Waals surface area contributed by atoms with E-state index in [-0.39, 0.29) is 11.7 Å². The van der Waals surface area contributed by atoms with Gasteiger partial charge in [0.15, 0.2) is 0 Å². The molecule has 0 atom stereocenters. The smallest absolute Gasteiger partial charge is 0.256 e. The van der Waals surface area contributed by atoms with Crippen LogP contribution in [0.5, 0.6) is 0 Å². The third-order valence-electron chi connectivity index (χ3n) is 2.43. The lowest BCUT2D eigenvalue weighted by Gasteiger charge is -2.08. The first-order valence-corrected chi connectivity index (χ1v) is 7.16. The van der Waals surface area contributed by atoms with Crippen LogP contribution in [-0.4, -0.2) is 5.91 Å². The van der Waals surface area contributed by atoms with Crippen molar-refractivity contribution in [2.75, 3.05) is 11.1 Å². The molecule has 3 N–H and O–H groups in total. The van der Waals surface area contributed by atoms with E-state index in [1.54, 1.807) is 18.2 Å². The molecule has 0 aliphatic carbocycles. The Balaban J connectivity index is 2.23. The largest absolute Gasteiger partial charge is 0.398 e. The van der Waals surface area contributed by atoms with E-state index in [1.807, 2.05) is 22.6 Å². The second kappa shape index (κ2) is 5.87. The van der Waals surface area contributed by atoms with Gasteiger partial charge in [-0.1, -0.05) is 0 Å². The summed E-state index contributed by atoms with van der Waals surface area (Å²) in [6, 6.07) is 9.15. The molecule has 6 heteroatoms. The average Bonchev–Trinajstić information content (AvgIpc) is 2.33. The summed E-state index contributed by atoms with van der Waals surface area (Å²) in [6.45, 7) is 0. The molecule has 1 amide bonds. The molecule has 0 saturated heterocycles. The average molecular weight is 435 g/mol. The van der Waals surface area contributed by atoms with Crippen molar-refractivity contribution in [2.24, 2.45) is 0 Å². The van der Waals surface area contributed by atoms with Crippen molar-refractivity contribution >= 4 is 55.8 Å². The van der Waals surface area contributed by atoms with Gasteiger partial charge in [0.1, 0.15) is 5.82 Å².